The summed E-state index contributed by atoms with van der Waals surface area (Å²) >= 11 is 17.2. The molecule has 15 aromatic rings. The summed E-state index contributed by atoms with van der Waals surface area (Å²) in [6, 6.07) is 110. The lowest BCUT2D eigenvalue weighted by molar-refractivity contribution is 0.660. The van der Waals surface area contributed by atoms with Crippen LogP contribution in [0.1, 0.15) is 99.9 Å². The number of rotatable bonds is 6. The minimum Gasteiger partial charge on any atom is -0.309 e. The highest BCUT2D eigenvalue weighted by molar-refractivity contribution is 8.27. The minimum atomic E-state index is -3.42. The molecule has 10 aliphatic rings. The van der Waals surface area contributed by atoms with E-state index in [-0.39, 0.29) is 21.7 Å². The van der Waals surface area contributed by atoms with E-state index in [4.69, 9.17) is 23.6 Å². The largest absolute Gasteiger partial charge is 0.309 e. The van der Waals surface area contributed by atoms with E-state index in [1.54, 1.807) is 0 Å². The van der Waals surface area contributed by atoms with Crippen molar-refractivity contribution in [1.29, 1.82) is 0 Å². The molecule has 0 aromatic heterocycles. The average molecular weight is 1510 g/mol. The maximum atomic E-state index is 8.62. The lowest BCUT2D eigenvalue weighted by Gasteiger charge is -2.57. The summed E-state index contributed by atoms with van der Waals surface area (Å²) in [4.78, 5) is 16.0. The molecule has 25 rings (SSSR count). The maximum Gasteiger partial charge on any atom is 0.0824 e. The summed E-state index contributed by atoms with van der Waals surface area (Å²) in [6.45, 7) is 19.4. The zero-order valence-electron chi connectivity index (χ0n) is 63.3. The Morgan fingerprint density at radius 2 is 0.393 bits per heavy atom. The Morgan fingerprint density at radius 1 is 0.188 bits per heavy atom. The normalized spacial score (nSPS) is 17.3. The standard InChI is InChI=1S/C102H74N6P2S2/c1-99(2)73-35-19-15-31-65(73)69-51-47-61(55-77(69)99)105-85-43-23-39-81-93(85)109(111)94-82(103(81)59-27-11-9-12-28-59)40-25-45-87(94)107(63-49-53-71-67-33-17-21-37-75(67)101(5,6)79(71)57-63)91-92-98-90(89(105)97(91)109)106(62-48-52-70-66-32-16-20-36-74(66)100(3,4)78(70)56-62)86-44-24-41-83-95(86)110(98,112)96-84(104(83)60-29-13-10-14-30-60)42-26-46-88(96)108(92)64-50-54-72-68-34-18-22-38-76(68)102(7,8)80(72)58-64/h9-58H,1-8H3. The van der Waals surface area contributed by atoms with Crippen LogP contribution in [0.5, 0.6) is 0 Å². The van der Waals surface area contributed by atoms with Gasteiger partial charge >= 0.3 is 0 Å². The van der Waals surface area contributed by atoms with Crippen molar-refractivity contribution in [2.24, 2.45) is 0 Å². The first-order chi connectivity index (χ1) is 54.4. The van der Waals surface area contributed by atoms with Crippen LogP contribution in [0.15, 0.2) is 303 Å². The molecule has 0 fully saturated rings. The fourth-order valence-electron chi connectivity index (χ4n) is 22.4. The zero-order chi connectivity index (χ0) is 74.9. The van der Waals surface area contributed by atoms with E-state index in [0.29, 0.717) is 0 Å². The lowest BCUT2D eigenvalue weighted by atomic mass is 9.82. The number of anilines is 18. The summed E-state index contributed by atoms with van der Waals surface area (Å²) in [5.41, 5.74) is 38.9. The van der Waals surface area contributed by atoms with E-state index >= 15 is 0 Å². The molecule has 6 nitrogen and oxygen atoms in total. The van der Waals surface area contributed by atoms with Crippen LogP contribution in [-0.4, -0.2) is 0 Å². The van der Waals surface area contributed by atoms with E-state index in [1.807, 2.05) is 0 Å². The molecular formula is C102H74N6P2S2. The van der Waals surface area contributed by atoms with Crippen molar-refractivity contribution < 1.29 is 0 Å². The second-order valence-corrected chi connectivity index (χ2v) is 42.6. The van der Waals surface area contributed by atoms with Gasteiger partial charge in [0.05, 0.1) is 80.3 Å². The molecular weight excluding hydrogens is 1440 g/mol. The van der Waals surface area contributed by atoms with Crippen LogP contribution in [-0.2, 0) is 45.3 Å². The van der Waals surface area contributed by atoms with Gasteiger partial charge in [0.15, 0.2) is 0 Å². The minimum absolute atomic E-state index is 0.340. The third-order valence-corrected chi connectivity index (χ3v) is 37.1. The summed E-state index contributed by atoms with van der Waals surface area (Å²) in [5, 5.41) is 7.07. The topological polar surface area (TPSA) is 19.4 Å². The summed E-state index contributed by atoms with van der Waals surface area (Å²) in [5.74, 6) is 0. The fourth-order valence-corrected chi connectivity index (χ4v) is 33.1. The van der Waals surface area contributed by atoms with Crippen molar-refractivity contribution >= 4 is 170 Å². The monoisotopic (exact) mass is 1510 g/mol. The quantitative estimate of drug-likeness (QED) is 0.152. The molecule has 6 heterocycles. The third kappa shape index (κ3) is 7.52. The highest BCUT2D eigenvalue weighted by atomic mass is 32.4. The van der Waals surface area contributed by atoms with E-state index in [2.05, 4.69) is 388 Å². The van der Waals surface area contributed by atoms with Crippen molar-refractivity contribution in [3.63, 3.8) is 0 Å². The molecule has 0 N–H and O–H groups in total. The highest BCUT2D eigenvalue weighted by Crippen LogP contribution is 2.76. The van der Waals surface area contributed by atoms with Gasteiger partial charge in [-0.2, -0.15) is 0 Å². The first-order valence-electron chi connectivity index (χ1n) is 39.3. The van der Waals surface area contributed by atoms with Gasteiger partial charge < -0.3 is 29.4 Å². The lowest BCUT2D eigenvalue weighted by Crippen LogP contribution is -2.53. The molecule has 0 spiro atoms. The summed E-state index contributed by atoms with van der Waals surface area (Å²) in [6.07, 6.45) is 0. The Bertz CT molecular complexity index is 6250. The number of fused-ring (bicyclic) bond motifs is 14. The van der Waals surface area contributed by atoms with Gasteiger partial charge in [-0.25, -0.2) is 0 Å². The van der Waals surface area contributed by atoms with E-state index in [0.717, 1.165) is 113 Å². The van der Waals surface area contributed by atoms with Crippen LogP contribution >= 0.6 is 12.1 Å². The smallest absolute Gasteiger partial charge is 0.0824 e. The fraction of sp³-hybridized carbons (Fsp3) is 0.118. The Kier molecular flexibility index (Phi) is 12.2. The molecule has 534 valence electrons. The molecule has 0 saturated carbocycles. The van der Waals surface area contributed by atoms with Crippen LogP contribution < -0.4 is 61.2 Å². The molecule has 4 aliphatic carbocycles. The molecule has 10 heteroatoms. The van der Waals surface area contributed by atoms with Gasteiger partial charge in [0, 0.05) is 87.6 Å². The van der Waals surface area contributed by atoms with Crippen LogP contribution in [0, 0.1) is 0 Å². The van der Waals surface area contributed by atoms with Crippen LogP contribution in [0.3, 0.4) is 0 Å². The number of nitrogens with zero attached hydrogens (tertiary/aromatic N) is 6. The predicted molar refractivity (Wildman–Crippen MR) is 478 cm³/mol. The van der Waals surface area contributed by atoms with Crippen molar-refractivity contribution in [3.8, 4) is 44.5 Å². The van der Waals surface area contributed by atoms with Crippen LogP contribution in [0.4, 0.5) is 102 Å². The molecule has 0 saturated heterocycles. The van der Waals surface area contributed by atoms with Crippen molar-refractivity contribution in [2.45, 2.75) is 77.0 Å². The molecule has 0 atom stereocenters. The van der Waals surface area contributed by atoms with Crippen LogP contribution in [0.2, 0.25) is 0 Å². The second-order valence-electron chi connectivity index (χ2n) is 34.2. The summed E-state index contributed by atoms with van der Waals surface area (Å²) in [7, 11) is 0. The zero-order valence-corrected chi connectivity index (χ0v) is 66.7. The van der Waals surface area contributed by atoms with E-state index in [9.17, 15) is 0 Å². The molecule has 0 unspecified atom stereocenters. The highest BCUT2D eigenvalue weighted by Gasteiger charge is 2.61. The Balaban J connectivity index is 0.917. The molecule has 15 aromatic carbocycles. The molecule has 112 heavy (non-hydrogen) atoms. The second kappa shape index (κ2) is 21.3. The predicted octanol–water partition coefficient (Wildman–Crippen LogP) is 25.1. The van der Waals surface area contributed by atoms with E-state index in [1.165, 1.54) is 110 Å². The van der Waals surface area contributed by atoms with Gasteiger partial charge in [0.2, 0.25) is 0 Å². The molecule has 0 bridgehead atoms. The van der Waals surface area contributed by atoms with E-state index < -0.39 is 12.1 Å². The maximum absolute atomic E-state index is 8.62. The van der Waals surface area contributed by atoms with Crippen LogP contribution in [0.25, 0.3) is 44.5 Å². The van der Waals surface area contributed by atoms with Gasteiger partial charge in [0.1, 0.15) is 0 Å². The van der Waals surface area contributed by atoms with Gasteiger partial charge in [-0.05, 0) is 210 Å². The van der Waals surface area contributed by atoms with Crippen molar-refractivity contribution in [2.75, 3.05) is 29.4 Å². The number of hydrogen-bond acceptors (Lipinski definition) is 8. The average Bonchev–Trinajstić information content (AvgIpc) is 0.918. The SMILES string of the molecule is CC1(C)c2ccccc2-c2ccc(N3c4cccc5c4P4(=S)c6c(cccc6N(c6ccc7c(c6)C(C)(C)c6ccccc6-7)c6c7c8c(c3c64)N(c3ccc4c(c3)C(C)(C)c3ccccc3-4)c3cccc4c3P8(=S)c3c(cccc3N7c3ccc6c(c3)C(C)(C)c3ccccc3-6)N4c3ccccc3)N5c3ccccc3)cc21. The Labute approximate surface area is 663 Å². The van der Waals surface area contributed by atoms with Gasteiger partial charge in [-0.1, -0.05) is 261 Å². The van der Waals surface area contributed by atoms with Gasteiger partial charge in [-0.3, -0.25) is 0 Å². The molecule has 0 amide bonds. The number of hydrogen-bond donors (Lipinski definition) is 0. The first-order valence-corrected chi connectivity index (χ1v) is 44.9. The molecule has 0 radical (unpaired) electrons. The molecule has 6 aliphatic heterocycles. The Morgan fingerprint density at radius 3 is 0.634 bits per heavy atom. The summed E-state index contributed by atoms with van der Waals surface area (Å²) < 4.78 is 0. The number of para-hydroxylation sites is 2. The van der Waals surface area contributed by atoms with Gasteiger partial charge in [-0.15, -0.1) is 0 Å². The van der Waals surface area contributed by atoms with Crippen molar-refractivity contribution in [1.82, 2.24) is 0 Å². The van der Waals surface area contributed by atoms with Crippen molar-refractivity contribution in [3.05, 3.63) is 348 Å². The Hall–Kier alpha value is -11.6. The first kappa shape index (κ1) is 64.1. The number of benzene rings is 15. The third-order valence-electron chi connectivity index (χ3n) is 27.4. The van der Waals surface area contributed by atoms with Gasteiger partial charge in [0.25, 0.3) is 0 Å².